The molecular formula is C24H18N2S. The van der Waals surface area contributed by atoms with Crippen LogP contribution in [0.3, 0.4) is 0 Å². The number of para-hydroxylation sites is 2. The van der Waals surface area contributed by atoms with Crippen LogP contribution in [0.25, 0.3) is 37.5 Å². The Labute approximate surface area is 161 Å². The van der Waals surface area contributed by atoms with Crippen molar-refractivity contribution in [1.29, 1.82) is 0 Å². The summed E-state index contributed by atoms with van der Waals surface area (Å²) in [6.07, 6.45) is 0. The molecule has 0 saturated carbocycles. The van der Waals surface area contributed by atoms with E-state index in [2.05, 4.69) is 91.2 Å². The Kier molecular flexibility index (Phi) is 2.86. The summed E-state index contributed by atoms with van der Waals surface area (Å²) in [5.74, 6) is 0. The molecule has 2 aromatic heterocycles. The molecule has 0 bridgehead atoms. The quantitative estimate of drug-likeness (QED) is 0.329. The van der Waals surface area contributed by atoms with Crippen molar-refractivity contribution in [3.8, 4) is 16.4 Å². The Morgan fingerprint density at radius 1 is 0.852 bits per heavy atom. The topological polar surface area (TPSA) is 17.8 Å². The SMILES string of the molecule is CC1(C)c2ccccc2-c2c1c1ccccc1n2-c1nc2ccccc2s1. The summed E-state index contributed by atoms with van der Waals surface area (Å²) in [5.41, 5.74) is 7.73. The number of thiazole rings is 1. The first-order valence-corrected chi connectivity index (χ1v) is 10.1. The van der Waals surface area contributed by atoms with Crippen LogP contribution in [0.5, 0.6) is 0 Å². The van der Waals surface area contributed by atoms with Crippen LogP contribution in [0.2, 0.25) is 0 Å². The van der Waals surface area contributed by atoms with Crippen LogP contribution >= 0.6 is 11.3 Å². The smallest absolute Gasteiger partial charge is 0.195 e. The van der Waals surface area contributed by atoms with E-state index in [1.807, 2.05) is 0 Å². The predicted molar refractivity (Wildman–Crippen MR) is 114 cm³/mol. The van der Waals surface area contributed by atoms with Crippen LogP contribution in [-0.4, -0.2) is 9.55 Å². The van der Waals surface area contributed by atoms with Gasteiger partial charge in [-0.1, -0.05) is 79.8 Å². The maximum Gasteiger partial charge on any atom is 0.195 e. The second-order valence-electron chi connectivity index (χ2n) is 7.71. The maximum atomic E-state index is 4.98. The molecule has 0 N–H and O–H groups in total. The largest absolute Gasteiger partial charge is 0.285 e. The van der Waals surface area contributed by atoms with Gasteiger partial charge in [-0.15, -0.1) is 0 Å². The lowest BCUT2D eigenvalue weighted by molar-refractivity contribution is 0.666. The van der Waals surface area contributed by atoms with Crippen LogP contribution in [-0.2, 0) is 5.41 Å². The minimum Gasteiger partial charge on any atom is -0.285 e. The second kappa shape index (κ2) is 5.08. The lowest BCUT2D eigenvalue weighted by Crippen LogP contribution is -2.14. The minimum atomic E-state index is -0.0204. The third kappa shape index (κ3) is 1.87. The number of rotatable bonds is 1. The van der Waals surface area contributed by atoms with Crippen molar-refractivity contribution in [3.63, 3.8) is 0 Å². The highest BCUT2D eigenvalue weighted by Gasteiger charge is 2.40. The maximum absolute atomic E-state index is 4.98. The predicted octanol–water partition coefficient (Wildman–Crippen LogP) is 6.55. The highest BCUT2D eigenvalue weighted by molar-refractivity contribution is 7.20. The summed E-state index contributed by atoms with van der Waals surface area (Å²) in [5, 5.41) is 2.37. The van der Waals surface area contributed by atoms with Gasteiger partial charge in [-0.2, -0.15) is 0 Å². The molecule has 27 heavy (non-hydrogen) atoms. The summed E-state index contributed by atoms with van der Waals surface area (Å²) >= 11 is 1.76. The minimum absolute atomic E-state index is 0.0204. The molecular weight excluding hydrogens is 348 g/mol. The van der Waals surface area contributed by atoms with Crippen molar-refractivity contribution in [2.24, 2.45) is 0 Å². The van der Waals surface area contributed by atoms with E-state index in [0.29, 0.717) is 0 Å². The standard InChI is InChI=1S/C24H18N2S/c1-24(2)17-11-5-3-9-15(17)22-21(24)16-10-4-7-13-19(16)26(22)23-25-18-12-6-8-14-20(18)27-23/h3-14H,1-2H3. The van der Waals surface area contributed by atoms with Crippen LogP contribution in [0.15, 0.2) is 72.8 Å². The van der Waals surface area contributed by atoms with Crippen LogP contribution in [0.1, 0.15) is 25.0 Å². The number of fused-ring (bicyclic) bond motifs is 6. The summed E-state index contributed by atoms with van der Waals surface area (Å²) in [6.45, 7) is 4.68. The third-order valence-corrected chi connectivity index (χ3v) is 6.85. The van der Waals surface area contributed by atoms with Crippen molar-refractivity contribution in [2.75, 3.05) is 0 Å². The van der Waals surface area contributed by atoms with Crippen molar-refractivity contribution in [3.05, 3.63) is 83.9 Å². The van der Waals surface area contributed by atoms with Crippen LogP contribution in [0, 0.1) is 0 Å². The molecule has 6 rings (SSSR count). The Bertz CT molecular complexity index is 1320. The van der Waals surface area contributed by atoms with E-state index in [-0.39, 0.29) is 5.41 Å². The van der Waals surface area contributed by atoms with Crippen molar-refractivity contribution in [1.82, 2.24) is 9.55 Å². The molecule has 5 aromatic rings. The van der Waals surface area contributed by atoms with Gasteiger partial charge in [-0.3, -0.25) is 4.57 Å². The zero-order valence-electron chi connectivity index (χ0n) is 15.2. The molecule has 1 aliphatic carbocycles. The summed E-state index contributed by atoms with van der Waals surface area (Å²) in [6, 6.07) is 26.0. The first kappa shape index (κ1) is 15.2. The molecule has 1 aliphatic rings. The Morgan fingerprint density at radius 3 is 2.48 bits per heavy atom. The fraction of sp³-hybridized carbons (Fsp3) is 0.125. The molecule has 2 nitrogen and oxygen atoms in total. The van der Waals surface area contributed by atoms with Crippen molar-refractivity contribution in [2.45, 2.75) is 19.3 Å². The molecule has 0 radical (unpaired) electrons. The average molecular weight is 366 g/mol. The monoisotopic (exact) mass is 366 g/mol. The van der Waals surface area contributed by atoms with Gasteiger partial charge in [0, 0.05) is 16.4 Å². The fourth-order valence-corrected chi connectivity index (χ4v) is 5.64. The van der Waals surface area contributed by atoms with Gasteiger partial charge in [-0.05, 0) is 29.3 Å². The van der Waals surface area contributed by atoms with E-state index in [0.717, 1.165) is 10.6 Å². The highest BCUT2D eigenvalue weighted by Crippen LogP contribution is 2.53. The van der Waals surface area contributed by atoms with E-state index in [1.54, 1.807) is 11.3 Å². The van der Waals surface area contributed by atoms with Gasteiger partial charge in [-0.25, -0.2) is 4.98 Å². The van der Waals surface area contributed by atoms with Gasteiger partial charge in [0.1, 0.15) is 0 Å². The van der Waals surface area contributed by atoms with E-state index >= 15 is 0 Å². The van der Waals surface area contributed by atoms with Gasteiger partial charge in [0.15, 0.2) is 5.13 Å². The summed E-state index contributed by atoms with van der Waals surface area (Å²) in [4.78, 5) is 4.98. The molecule has 0 atom stereocenters. The van der Waals surface area contributed by atoms with E-state index in [9.17, 15) is 0 Å². The first-order valence-electron chi connectivity index (χ1n) is 9.26. The van der Waals surface area contributed by atoms with Crippen molar-refractivity contribution >= 4 is 32.5 Å². The molecule has 0 amide bonds. The van der Waals surface area contributed by atoms with E-state index in [1.165, 1.54) is 38.0 Å². The van der Waals surface area contributed by atoms with Gasteiger partial charge < -0.3 is 0 Å². The number of benzene rings is 3. The molecule has 0 spiro atoms. The third-order valence-electron chi connectivity index (χ3n) is 5.83. The molecule has 0 unspecified atom stereocenters. The van der Waals surface area contributed by atoms with Gasteiger partial charge in [0.2, 0.25) is 0 Å². The number of hydrogen-bond donors (Lipinski definition) is 0. The number of aromatic nitrogens is 2. The van der Waals surface area contributed by atoms with E-state index in [4.69, 9.17) is 4.98 Å². The van der Waals surface area contributed by atoms with Gasteiger partial charge >= 0.3 is 0 Å². The summed E-state index contributed by atoms with van der Waals surface area (Å²) < 4.78 is 3.60. The molecule has 2 heterocycles. The Hall–Kier alpha value is -2.91. The molecule has 130 valence electrons. The number of hydrogen-bond acceptors (Lipinski definition) is 2. The van der Waals surface area contributed by atoms with E-state index < -0.39 is 0 Å². The first-order chi connectivity index (χ1) is 13.2. The van der Waals surface area contributed by atoms with Crippen molar-refractivity contribution < 1.29 is 0 Å². The van der Waals surface area contributed by atoms with Gasteiger partial charge in [0.25, 0.3) is 0 Å². The molecule has 3 heteroatoms. The van der Waals surface area contributed by atoms with Crippen LogP contribution < -0.4 is 0 Å². The Morgan fingerprint density at radius 2 is 1.59 bits per heavy atom. The van der Waals surface area contributed by atoms with Gasteiger partial charge in [0.05, 0.1) is 21.4 Å². The number of nitrogens with zero attached hydrogens (tertiary/aromatic N) is 2. The lowest BCUT2D eigenvalue weighted by Gasteiger charge is -2.21. The fourth-order valence-electron chi connectivity index (χ4n) is 4.65. The average Bonchev–Trinajstić information content (AvgIpc) is 3.32. The normalized spacial score (nSPS) is 14.6. The molecule has 3 aromatic carbocycles. The second-order valence-corrected chi connectivity index (χ2v) is 8.72. The highest BCUT2D eigenvalue weighted by atomic mass is 32.1. The lowest BCUT2D eigenvalue weighted by atomic mass is 9.81. The molecule has 0 fully saturated rings. The molecule has 0 saturated heterocycles. The zero-order valence-corrected chi connectivity index (χ0v) is 16.0. The Balaban J connectivity index is 1.80. The summed E-state index contributed by atoms with van der Waals surface area (Å²) in [7, 11) is 0. The molecule has 0 aliphatic heterocycles. The van der Waals surface area contributed by atoms with Crippen LogP contribution in [0.4, 0.5) is 0 Å². The zero-order chi connectivity index (χ0) is 18.2.